The van der Waals surface area contributed by atoms with Crippen LogP contribution in [0, 0.1) is 0 Å². The van der Waals surface area contributed by atoms with Crippen LogP contribution in [0.1, 0.15) is 13.3 Å². The molecule has 1 aromatic rings. The van der Waals surface area contributed by atoms with Gasteiger partial charge in [0.15, 0.2) is 0 Å². The van der Waals surface area contributed by atoms with Gasteiger partial charge in [0.25, 0.3) is 0 Å². The predicted octanol–water partition coefficient (Wildman–Crippen LogP) is 0.519. The maximum atomic E-state index is 12.1. The second-order valence-electron chi connectivity index (χ2n) is 4.33. The molecule has 0 heterocycles. The fraction of sp³-hybridized carbons (Fsp3) is 0.467. The monoisotopic (exact) mass is 359 g/mol. The number of methoxy groups -OCH3 is 2. The normalized spacial score (nSPS) is 13.3. The molecular formula is C15H21NO4Se. The molecule has 1 N–H and O–H groups in total. The molecule has 0 fully saturated rings. The Morgan fingerprint density at radius 3 is 2.29 bits per heavy atom. The van der Waals surface area contributed by atoms with Crippen molar-refractivity contribution in [2.24, 2.45) is 0 Å². The summed E-state index contributed by atoms with van der Waals surface area (Å²) >= 11 is -0.228. The summed E-state index contributed by atoms with van der Waals surface area (Å²) in [7, 11) is 2.66. The van der Waals surface area contributed by atoms with Crippen molar-refractivity contribution in [2.75, 3.05) is 20.8 Å². The van der Waals surface area contributed by atoms with Crippen LogP contribution < -0.4 is 9.78 Å². The van der Waals surface area contributed by atoms with Gasteiger partial charge >= 0.3 is 131 Å². The van der Waals surface area contributed by atoms with Gasteiger partial charge in [0.05, 0.1) is 0 Å². The average Bonchev–Trinajstić information content (AvgIpc) is 2.53. The first kappa shape index (κ1) is 17.7. The van der Waals surface area contributed by atoms with Crippen LogP contribution in [0.5, 0.6) is 0 Å². The quantitative estimate of drug-likeness (QED) is 0.542. The van der Waals surface area contributed by atoms with Crippen molar-refractivity contribution < 1.29 is 19.1 Å². The molecule has 0 aliphatic heterocycles. The summed E-state index contributed by atoms with van der Waals surface area (Å²) in [6.07, 6.45) is 0.861. The Bertz CT molecular complexity index is 452. The Kier molecular flexibility index (Phi) is 8.05. The molecule has 0 aromatic heterocycles. The zero-order valence-corrected chi connectivity index (χ0v) is 14.2. The fourth-order valence-electron chi connectivity index (χ4n) is 1.75. The van der Waals surface area contributed by atoms with Crippen molar-refractivity contribution in [1.29, 1.82) is 0 Å². The molecule has 0 saturated heterocycles. The molecule has 1 rings (SSSR count). The molecule has 2 atom stereocenters. The van der Waals surface area contributed by atoms with Crippen LogP contribution in [0.25, 0.3) is 0 Å². The molecule has 1 aromatic carbocycles. The Hall–Kier alpha value is -1.36. The first-order chi connectivity index (χ1) is 10.1. The zero-order valence-electron chi connectivity index (χ0n) is 12.5. The Labute approximate surface area is 131 Å². The van der Waals surface area contributed by atoms with E-state index in [0.717, 1.165) is 10.9 Å². The molecule has 6 heteroatoms. The topological polar surface area (TPSA) is 64.6 Å². The number of esters is 2. The van der Waals surface area contributed by atoms with E-state index in [0.29, 0.717) is 6.54 Å². The van der Waals surface area contributed by atoms with E-state index in [1.807, 2.05) is 37.3 Å². The van der Waals surface area contributed by atoms with Gasteiger partial charge in [-0.3, -0.25) is 0 Å². The van der Waals surface area contributed by atoms with Gasteiger partial charge in [-0.25, -0.2) is 0 Å². The van der Waals surface area contributed by atoms with Crippen molar-refractivity contribution in [3.8, 4) is 0 Å². The second kappa shape index (κ2) is 9.55. The summed E-state index contributed by atoms with van der Waals surface area (Å²) in [5.74, 6) is -0.825. The number of hydrogen-bond donors (Lipinski definition) is 1. The van der Waals surface area contributed by atoms with E-state index < -0.39 is 22.8 Å². The zero-order chi connectivity index (χ0) is 15.7. The third-order valence-corrected chi connectivity index (χ3v) is 5.46. The number of benzene rings is 1. The van der Waals surface area contributed by atoms with Crippen LogP contribution in [-0.4, -0.2) is 53.7 Å². The maximum absolute atomic E-state index is 12.1. The van der Waals surface area contributed by atoms with E-state index in [9.17, 15) is 9.59 Å². The van der Waals surface area contributed by atoms with Crippen LogP contribution >= 0.6 is 0 Å². The van der Waals surface area contributed by atoms with Crippen molar-refractivity contribution in [3.63, 3.8) is 0 Å². The van der Waals surface area contributed by atoms with E-state index in [-0.39, 0.29) is 15.0 Å². The van der Waals surface area contributed by atoms with E-state index >= 15 is 0 Å². The first-order valence-corrected chi connectivity index (χ1v) is 8.59. The van der Waals surface area contributed by atoms with Gasteiger partial charge in [-0.15, -0.1) is 0 Å². The number of carbonyl (C=O) groups is 2. The summed E-state index contributed by atoms with van der Waals surface area (Å²) in [6, 6.07) is 8.96. The van der Waals surface area contributed by atoms with Gasteiger partial charge in [0, 0.05) is 0 Å². The summed E-state index contributed by atoms with van der Waals surface area (Å²) in [5, 5.41) is 3.10. The molecule has 5 nitrogen and oxygen atoms in total. The number of nitrogens with one attached hydrogen (secondary N) is 1. The average molecular weight is 358 g/mol. The Balaban J connectivity index is 2.96. The fourth-order valence-corrected chi connectivity index (χ4v) is 4.15. The molecule has 0 aliphatic rings. The van der Waals surface area contributed by atoms with Gasteiger partial charge in [0.2, 0.25) is 0 Å². The molecule has 0 spiro atoms. The van der Waals surface area contributed by atoms with Gasteiger partial charge in [-0.2, -0.15) is 0 Å². The first-order valence-electron chi connectivity index (χ1n) is 6.74. The van der Waals surface area contributed by atoms with Crippen LogP contribution in [-0.2, 0) is 19.1 Å². The molecular weight excluding hydrogens is 337 g/mol. The third kappa shape index (κ3) is 5.50. The number of hydrogen-bond acceptors (Lipinski definition) is 5. The standard InChI is InChI=1S/C15H21NO4Se/c1-4-10-16-12(14(17)19-2)13(15(18)20-3)21-11-8-6-5-7-9-11/h5-9,12-13,16H,4,10H2,1-3H3/t12-,13+/m0/s1. The van der Waals surface area contributed by atoms with Gasteiger partial charge < -0.3 is 0 Å². The SMILES string of the molecule is CCCN[C@H](C(=O)OC)[C@@H]([Se]c1ccccc1)C(=O)OC. The van der Waals surface area contributed by atoms with E-state index in [2.05, 4.69) is 5.32 Å². The Morgan fingerprint density at radius 2 is 1.76 bits per heavy atom. The molecule has 21 heavy (non-hydrogen) atoms. The molecule has 0 unspecified atom stereocenters. The summed E-state index contributed by atoms with van der Waals surface area (Å²) < 4.78 is 10.7. The minimum absolute atomic E-state index is 0.228. The van der Waals surface area contributed by atoms with Crippen LogP contribution in [0.3, 0.4) is 0 Å². The van der Waals surface area contributed by atoms with E-state index in [1.165, 1.54) is 14.2 Å². The van der Waals surface area contributed by atoms with Crippen LogP contribution in [0.4, 0.5) is 0 Å². The molecule has 0 saturated carbocycles. The predicted molar refractivity (Wildman–Crippen MR) is 81.7 cm³/mol. The third-order valence-electron chi connectivity index (χ3n) is 2.81. The van der Waals surface area contributed by atoms with Crippen molar-refractivity contribution in [1.82, 2.24) is 5.32 Å². The van der Waals surface area contributed by atoms with Crippen molar-refractivity contribution in [2.45, 2.75) is 24.2 Å². The number of rotatable bonds is 8. The summed E-state index contributed by atoms with van der Waals surface area (Å²) in [4.78, 5) is 23.5. The summed E-state index contributed by atoms with van der Waals surface area (Å²) in [5.41, 5.74) is 0. The molecule has 0 bridgehead atoms. The summed E-state index contributed by atoms with van der Waals surface area (Å²) in [6.45, 7) is 2.63. The van der Waals surface area contributed by atoms with E-state index in [1.54, 1.807) is 0 Å². The van der Waals surface area contributed by atoms with Crippen LogP contribution in [0.2, 0.25) is 4.82 Å². The van der Waals surface area contributed by atoms with Gasteiger partial charge in [0.1, 0.15) is 0 Å². The molecule has 116 valence electrons. The van der Waals surface area contributed by atoms with Gasteiger partial charge in [-0.05, 0) is 0 Å². The van der Waals surface area contributed by atoms with Gasteiger partial charge in [-0.1, -0.05) is 0 Å². The molecule has 0 aliphatic carbocycles. The number of ether oxygens (including phenoxy) is 2. The number of carbonyl (C=O) groups excluding carboxylic acids is 2. The van der Waals surface area contributed by atoms with Crippen LogP contribution in [0.15, 0.2) is 30.3 Å². The second-order valence-corrected chi connectivity index (χ2v) is 6.88. The van der Waals surface area contributed by atoms with E-state index in [4.69, 9.17) is 9.47 Å². The molecule has 0 amide bonds. The van der Waals surface area contributed by atoms with Crippen molar-refractivity contribution in [3.05, 3.63) is 30.3 Å². The van der Waals surface area contributed by atoms with Crippen molar-refractivity contribution >= 4 is 31.4 Å². The molecule has 0 radical (unpaired) electrons. The minimum atomic E-state index is -0.678. The Morgan fingerprint density at radius 1 is 1.14 bits per heavy atom.